The number of hydrogen-bond donors (Lipinski definition) is 2. The summed E-state index contributed by atoms with van der Waals surface area (Å²) in [6.45, 7) is 2.58. The molecule has 2 N–H and O–H groups in total. The number of aliphatic hydroxyl groups is 1. The molecule has 1 fully saturated rings. The van der Waals surface area contributed by atoms with Crippen LogP contribution in [-0.2, 0) is 6.42 Å². The minimum atomic E-state index is -0.885. The molecule has 4 aromatic carbocycles. The Hall–Kier alpha value is -3.31. The number of halogens is 1. The van der Waals surface area contributed by atoms with Crippen LogP contribution in [0.15, 0.2) is 109 Å². The van der Waals surface area contributed by atoms with Gasteiger partial charge in [-0.2, -0.15) is 0 Å². The lowest BCUT2D eigenvalue weighted by Crippen LogP contribution is -2.36. The molecule has 5 heteroatoms. The van der Waals surface area contributed by atoms with Gasteiger partial charge < -0.3 is 20.1 Å². The molecule has 1 unspecified atom stereocenters. The van der Waals surface area contributed by atoms with Crippen LogP contribution >= 0.6 is 11.6 Å². The van der Waals surface area contributed by atoms with Gasteiger partial charge in [0.1, 0.15) is 11.5 Å². The Morgan fingerprint density at radius 1 is 0.806 bits per heavy atom. The van der Waals surface area contributed by atoms with E-state index < -0.39 is 6.23 Å². The number of para-hydroxylation sites is 2. The second-order valence-corrected chi connectivity index (χ2v) is 9.76. The van der Waals surface area contributed by atoms with Crippen molar-refractivity contribution in [1.29, 1.82) is 0 Å². The quantitative estimate of drug-likeness (QED) is 0.252. The molecule has 0 spiro atoms. The second kappa shape index (κ2) is 11.6. The van der Waals surface area contributed by atoms with E-state index in [-0.39, 0.29) is 0 Å². The third-order valence-corrected chi connectivity index (χ3v) is 7.13. The Kier molecular flexibility index (Phi) is 7.87. The largest absolute Gasteiger partial charge is 0.457 e. The molecule has 3 atom stereocenters. The van der Waals surface area contributed by atoms with E-state index in [9.17, 15) is 5.11 Å². The van der Waals surface area contributed by atoms with E-state index in [4.69, 9.17) is 16.3 Å². The molecule has 1 aliphatic rings. The molecule has 0 radical (unpaired) electrons. The highest BCUT2D eigenvalue weighted by Crippen LogP contribution is 2.36. The maximum absolute atomic E-state index is 11.8. The zero-order valence-corrected chi connectivity index (χ0v) is 20.9. The molecule has 5 rings (SSSR count). The summed E-state index contributed by atoms with van der Waals surface area (Å²) in [5, 5.41) is 16.0. The van der Waals surface area contributed by atoms with E-state index in [0.29, 0.717) is 29.2 Å². The van der Waals surface area contributed by atoms with E-state index in [1.807, 2.05) is 78.9 Å². The van der Waals surface area contributed by atoms with Crippen molar-refractivity contribution >= 4 is 17.3 Å². The predicted octanol–water partition coefficient (Wildman–Crippen LogP) is 6.71. The van der Waals surface area contributed by atoms with Crippen molar-refractivity contribution in [3.8, 4) is 11.5 Å². The lowest BCUT2D eigenvalue weighted by Gasteiger charge is -2.34. The van der Waals surface area contributed by atoms with E-state index in [1.54, 1.807) is 0 Å². The van der Waals surface area contributed by atoms with Crippen molar-refractivity contribution < 1.29 is 9.84 Å². The first-order valence-electron chi connectivity index (χ1n) is 12.4. The fourth-order valence-electron chi connectivity index (χ4n) is 4.96. The number of aliphatic hydroxyl groups excluding tert-OH is 1. The summed E-state index contributed by atoms with van der Waals surface area (Å²) in [6, 6.07) is 35.7. The van der Waals surface area contributed by atoms with Crippen LogP contribution in [0, 0.1) is 11.8 Å². The highest BCUT2D eigenvalue weighted by molar-refractivity contribution is 6.30. The zero-order valence-electron chi connectivity index (χ0n) is 20.1. The SMILES string of the molecule is OC(c1ccccc1Oc1ccccc1)N(C[C@H]1CNC[C@@H]1Cc1ccccc1)c1ccc(Cl)cc1. The lowest BCUT2D eigenvalue weighted by molar-refractivity contribution is 0.161. The predicted molar refractivity (Wildman–Crippen MR) is 147 cm³/mol. The first-order chi connectivity index (χ1) is 17.7. The number of nitrogens with zero attached hydrogens (tertiary/aromatic N) is 1. The van der Waals surface area contributed by atoms with Crippen molar-refractivity contribution in [3.05, 3.63) is 125 Å². The topological polar surface area (TPSA) is 44.7 Å². The van der Waals surface area contributed by atoms with Gasteiger partial charge in [-0.15, -0.1) is 0 Å². The molecule has 36 heavy (non-hydrogen) atoms. The number of ether oxygens (including phenoxy) is 1. The molecule has 1 aliphatic heterocycles. The molecule has 0 amide bonds. The summed E-state index contributed by atoms with van der Waals surface area (Å²) in [6.07, 6.45) is 0.126. The molecular formula is C31H31ClN2O2. The minimum Gasteiger partial charge on any atom is -0.457 e. The summed E-state index contributed by atoms with van der Waals surface area (Å²) in [7, 11) is 0. The standard InChI is InChI=1S/C31H31ClN2O2/c32-26-15-17-27(18-16-26)34(22-25-21-33-20-24(25)19-23-9-3-1-4-10-23)31(35)29-13-7-8-14-30(29)36-28-11-5-2-6-12-28/h1-18,24-25,31,33,35H,19-22H2/t24-,25+,31?/m0/s1. The Balaban J connectivity index is 1.43. The van der Waals surface area contributed by atoms with Gasteiger partial charge in [-0.1, -0.05) is 78.3 Å². The maximum Gasteiger partial charge on any atom is 0.156 e. The first kappa shape index (κ1) is 24.4. The van der Waals surface area contributed by atoms with Gasteiger partial charge in [-0.3, -0.25) is 0 Å². The molecular weight excluding hydrogens is 468 g/mol. The van der Waals surface area contributed by atoms with Crippen LogP contribution in [0.5, 0.6) is 11.5 Å². The number of benzene rings is 4. The highest BCUT2D eigenvalue weighted by atomic mass is 35.5. The molecule has 0 aromatic heterocycles. The minimum absolute atomic E-state index is 0.373. The Morgan fingerprint density at radius 3 is 2.19 bits per heavy atom. The van der Waals surface area contributed by atoms with Gasteiger partial charge >= 0.3 is 0 Å². The van der Waals surface area contributed by atoms with Crippen LogP contribution in [-0.4, -0.2) is 24.7 Å². The third kappa shape index (κ3) is 5.90. The molecule has 1 heterocycles. The van der Waals surface area contributed by atoms with Crippen molar-refractivity contribution in [2.24, 2.45) is 11.8 Å². The fourth-order valence-corrected chi connectivity index (χ4v) is 5.08. The smallest absolute Gasteiger partial charge is 0.156 e. The van der Waals surface area contributed by atoms with Crippen molar-refractivity contribution in [3.63, 3.8) is 0 Å². The van der Waals surface area contributed by atoms with Crippen molar-refractivity contribution in [2.75, 3.05) is 24.5 Å². The van der Waals surface area contributed by atoms with Gasteiger partial charge in [0.05, 0.1) is 0 Å². The number of nitrogens with one attached hydrogen (secondary N) is 1. The van der Waals surface area contributed by atoms with Crippen LogP contribution in [0.1, 0.15) is 17.4 Å². The maximum atomic E-state index is 11.8. The van der Waals surface area contributed by atoms with Crippen LogP contribution in [0.25, 0.3) is 0 Å². The van der Waals surface area contributed by atoms with Crippen LogP contribution in [0.4, 0.5) is 5.69 Å². The van der Waals surface area contributed by atoms with Gasteiger partial charge in [0, 0.05) is 22.8 Å². The third-order valence-electron chi connectivity index (χ3n) is 6.87. The Labute approximate surface area is 218 Å². The number of anilines is 1. The summed E-state index contributed by atoms with van der Waals surface area (Å²) in [4.78, 5) is 2.07. The molecule has 1 saturated heterocycles. The monoisotopic (exact) mass is 498 g/mol. The average molecular weight is 499 g/mol. The lowest BCUT2D eigenvalue weighted by atomic mass is 9.89. The van der Waals surface area contributed by atoms with E-state index in [1.165, 1.54) is 5.56 Å². The zero-order chi connectivity index (χ0) is 24.7. The van der Waals surface area contributed by atoms with Gasteiger partial charge in [-0.25, -0.2) is 0 Å². The molecule has 4 nitrogen and oxygen atoms in total. The van der Waals surface area contributed by atoms with E-state index in [0.717, 1.165) is 36.5 Å². The van der Waals surface area contributed by atoms with Gasteiger partial charge in [-0.05, 0) is 79.4 Å². The highest BCUT2D eigenvalue weighted by Gasteiger charge is 2.32. The molecule has 0 bridgehead atoms. The average Bonchev–Trinajstić information content (AvgIpc) is 3.35. The van der Waals surface area contributed by atoms with Gasteiger partial charge in [0.15, 0.2) is 6.23 Å². The molecule has 184 valence electrons. The van der Waals surface area contributed by atoms with Crippen molar-refractivity contribution in [1.82, 2.24) is 5.32 Å². The first-order valence-corrected chi connectivity index (χ1v) is 12.8. The summed E-state index contributed by atoms with van der Waals surface area (Å²) >= 11 is 6.20. The summed E-state index contributed by atoms with van der Waals surface area (Å²) in [5.41, 5.74) is 2.99. The second-order valence-electron chi connectivity index (χ2n) is 9.32. The normalized spacial score (nSPS) is 18.1. The number of hydrogen-bond acceptors (Lipinski definition) is 4. The molecule has 4 aromatic rings. The van der Waals surface area contributed by atoms with Crippen LogP contribution < -0.4 is 15.0 Å². The van der Waals surface area contributed by atoms with E-state index >= 15 is 0 Å². The fraction of sp³-hybridized carbons (Fsp3) is 0.226. The Morgan fingerprint density at radius 2 is 1.44 bits per heavy atom. The van der Waals surface area contributed by atoms with E-state index in [2.05, 4.69) is 40.5 Å². The van der Waals surface area contributed by atoms with Gasteiger partial charge in [0.25, 0.3) is 0 Å². The summed E-state index contributed by atoms with van der Waals surface area (Å²) in [5.74, 6) is 2.22. The van der Waals surface area contributed by atoms with Crippen molar-refractivity contribution in [2.45, 2.75) is 12.6 Å². The molecule has 0 aliphatic carbocycles. The van der Waals surface area contributed by atoms with Crippen LogP contribution in [0.3, 0.4) is 0 Å². The summed E-state index contributed by atoms with van der Waals surface area (Å²) < 4.78 is 6.19. The Bertz CT molecular complexity index is 1230. The molecule has 0 saturated carbocycles. The van der Waals surface area contributed by atoms with Crippen LogP contribution in [0.2, 0.25) is 5.02 Å². The van der Waals surface area contributed by atoms with Gasteiger partial charge in [0.2, 0.25) is 0 Å². The number of rotatable bonds is 9.